The lowest BCUT2D eigenvalue weighted by Gasteiger charge is -2.16. The Morgan fingerprint density at radius 3 is 3.15 bits per heavy atom. The first-order valence-corrected chi connectivity index (χ1v) is 4.53. The number of hydrogen-bond donors (Lipinski definition) is 1. The number of amides is 1. The molecule has 2 rings (SSSR count). The highest BCUT2D eigenvalue weighted by Gasteiger charge is 2.14. The van der Waals surface area contributed by atoms with Gasteiger partial charge < -0.3 is 5.32 Å². The number of carbonyl (C=O) groups is 1. The van der Waals surface area contributed by atoms with Gasteiger partial charge in [0, 0.05) is 18.4 Å². The van der Waals surface area contributed by atoms with Crippen molar-refractivity contribution in [2.24, 2.45) is 0 Å². The predicted molar refractivity (Wildman–Crippen MR) is 49.2 cm³/mol. The summed E-state index contributed by atoms with van der Waals surface area (Å²) in [4.78, 5) is 15.3. The van der Waals surface area contributed by atoms with E-state index < -0.39 is 0 Å². The molecule has 1 aromatic heterocycles. The van der Waals surface area contributed by atoms with Crippen LogP contribution < -0.4 is 5.32 Å². The van der Waals surface area contributed by atoms with Crippen LogP contribution in [-0.2, 0) is 24.2 Å². The van der Waals surface area contributed by atoms with Crippen molar-refractivity contribution in [3.63, 3.8) is 0 Å². The molecule has 3 nitrogen and oxygen atoms in total. The normalized spacial score (nSPS) is 15.0. The van der Waals surface area contributed by atoms with E-state index >= 15 is 0 Å². The Balaban J connectivity index is 2.36. The molecular weight excluding hydrogens is 164 g/mol. The van der Waals surface area contributed by atoms with Crippen molar-refractivity contribution in [1.82, 2.24) is 10.3 Å². The van der Waals surface area contributed by atoms with E-state index in [-0.39, 0.29) is 5.91 Å². The van der Waals surface area contributed by atoms with Gasteiger partial charge in [-0.25, -0.2) is 0 Å². The van der Waals surface area contributed by atoms with Crippen molar-refractivity contribution >= 4 is 5.91 Å². The van der Waals surface area contributed by atoms with Crippen LogP contribution in [0.25, 0.3) is 0 Å². The number of fused-ring (bicyclic) bond motifs is 1. The van der Waals surface area contributed by atoms with Crippen LogP contribution in [0.1, 0.15) is 23.7 Å². The summed E-state index contributed by atoms with van der Waals surface area (Å²) in [5, 5.41) is 2.82. The number of carbonyl (C=O) groups excluding carboxylic acids is 1. The lowest BCUT2D eigenvalue weighted by Crippen LogP contribution is -2.30. The monoisotopic (exact) mass is 176 g/mol. The number of aryl methyl sites for hydroxylation is 1. The van der Waals surface area contributed by atoms with Gasteiger partial charge >= 0.3 is 0 Å². The first kappa shape index (κ1) is 8.23. The maximum atomic E-state index is 11.0. The summed E-state index contributed by atoms with van der Waals surface area (Å²) in [5.41, 5.74) is 3.38. The molecule has 1 aliphatic rings. The topological polar surface area (TPSA) is 42.0 Å². The first-order chi connectivity index (χ1) is 6.29. The van der Waals surface area contributed by atoms with E-state index in [0.717, 1.165) is 17.7 Å². The summed E-state index contributed by atoms with van der Waals surface area (Å²) >= 11 is 0. The fraction of sp³-hybridized carbons (Fsp3) is 0.400. The second-order valence-electron chi connectivity index (χ2n) is 3.25. The minimum atomic E-state index is 0.0959. The van der Waals surface area contributed by atoms with Crippen LogP contribution in [0.3, 0.4) is 0 Å². The molecule has 0 fully saturated rings. The molecule has 0 unspecified atom stereocenters. The van der Waals surface area contributed by atoms with Crippen LogP contribution in [0.2, 0.25) is 0 Å². The lowest BCUT2D eigenvalue weighted by atomic mass is 10.0. The second-order valence-corrected chi connectivity index (χ2v) is 3.25. The fourth-order valence-electron chi connectivity index (χ4n) is 1.52. The molecule has 1 aromatic rings. The predicted octanol–water partition coefficient (Wildman–Crippen LogP) is 0.816. The van der Waals surface area contributed by atoms with E-state index in [1.54, 1.807) is 0 Å². The zero-order valence-corrected chi connectivity index (χ0v) is 7.63. The molecular formula is C10H12N2O. The molecule has 0 saturated heterocycles. The zero-order valence-electron chi connectivity index (χ0n) is 7.63. The maximum absolute atomic E-state index is 11.0. The molecule has 68 valence electrons. The molecule has 13 heavy (non-hydrogen) atoms. The van der Waals surface area contributed by atoms with Gasteiger partial charge in [0.15, 0.2) is 0 Å². The van der Waals surface area contributed by atoms with Gasteiger partial charge in [0.25, 0.3) is 0 Å². The average molecular weight is 176 g/mol. The number of pyridine rings is 1. The van der Waals surface area contributed by atoms with Crippen LogP contribution in [0, 0.1) is 0 Å². The van der Waals surface area contributed by atoms with Gasteiger partial charge in [-0.2, -0.15) is 0 Å². The molecule has 0 bridgehead atoms. The third-order valence-corrected chi connectivity index (χ3v) is 2.33. The van der Waals surface area contributed by atoms with E-state index in [1.165, 1.54) is 5.56 Å². The summed E-state index contributed by atoms with van der Waals surface area (Å²) in [6.07, 6.45) is 3.25. The molecule has 0 saturated carbocycles. The van der Waals surface area contributed by atoms with Crippen LogP contribution in [0.4, 0.5) is 0 Å². The summed E-state index contributed by atoms with van der Waals surface area (Å²) in [7, 11) is 0. The summed E-state index contributed by atoms with van der Waals surface area (Å²) < 4.78 is 0. The van der Waals surface area contributed by atoms with Crippen LogP contribution in [0.15, 0.2) is 12.3 Å². The Hall–Kier alpha value is -1.38. The molecule has 0 spiro atoms. The molecule has 2 heterocycles. The largest absolute Gasteiger partial charge is 0.352 e. The standard InChI is InChI=1S/C10H12N2O/c1-2-9-3-7-6-12-10(13)4-8(7)5-11-9/h3,5H,2,4,6H2,1H3,(H,12,13). The molecule has 0 atom stereocenters. The Kier molecular flexibility index (Phi) is 2.00. The van der Waals surface area contributed by atoms with Gasteiger partial charge in [0.1, 0.15) is 0 Å². The minimum Gasteiger partial charge on any atom is -0.352 e. The van der Waals surface area contributed by atoms with Crippen molar-refractivity contribution in [2.45, 2.75) is 26.3 Å². The Morgan fingerprint density at radius 2 is 2.38 bits per heavy atom. The van der Waals surface area contributed by atoms with E-state index in [2.05, 4.69) is 23.3 Å². The number of hydrogen-bond acceptors (Lipinski definition) is 2. The summed E-state index contributed by atoms with van der Waals surface area (Å²) in [6, 6.07) is 2.08. The third kappa shape index (κ3) is 1.54. The second kappa shape index (κ2) is 3.17. The van der Waals surface area contributed by atoms with E-state index in [1.807, 2.05) is 6.20 Å². The van der Waals surface area contributed by atoms with Gasteiger partial charge in [-0.05, 0) is 23.6 Å². The van der Waals surface area contributed by atoms with E-state index in [4.69, 9.17) is 0 Å². The zero-order chi connectivity index (χ0) is 9.26. The van der Waals surface area contributed by atoms with Crippen LogP contribution in [-0.4, -0.2) is 10.9 Å². The first-order valence-electron chi connectivity index (χ1n) is 4.53. The Labute approximate surface area is 77.2 Å². The van der Waals surface area contributed by atoms with E-state index in [0.29, 0.717) is 13.0 Å². The highest BCUT2D eigenvalue weighted by molar-refractivity contribution is 5.80. The fourth-order valence-corrected chi connectivity index (χ4v) is 1.52. The SMILES string of the molecule is CCc1cc2c(cn1)CC(=O)NC2. The van der Waals surface area contributed by atoms with Crippen molar-refractivity contribution in [1.29, 1.82) is 0 Å². The van der Waals surface area contributed by atoms with Gasteiger partial charge in [0.05, 0.1) is 6.42 Å². The summed E-state index contributed by atoms with van der Waals surface area (Å²) in [6.45, 7) is 2.74. The molecule has 1 aliphatic heterocycles. The minimum absolute atomic E-state index is 0.0959. The summed E-state index contributed by atoms with van der Waals surface area (Å²) in [5.74, 6) is 0.0959. The van der Waals surface area contributed by atoms with Crippen LogP contribution in [0.5, 0.6) is 0 Å². The molecule has 0 aliphatic carbocycles. The van der Waals surface area contributed by atoms with Crippen molar-refractivity contribution < 1.29 is 4.79 Å². The lowest BCUT2D eigenvalue weighted by molar-refractivity contribution is -0.121. The van der Waals surface area contributed by atoms with Crippen molar-refractivity contribution in [2.75, 3.05) is 0 Å². The highest BCUT2D eigenvalue weighted by atomic mass is 16.1. The average Bonchev–Trinajstić information content (AvgIpc) is 2.17. The van der Waals surface area contributed by atoms with Gasteiger partial charge in [0.2, 0.25) is 5.91 Å². The van der Waals surface area contributed by atoms with Crippen LogP contribution >= 0.6 is 0 Å². The Bertz CT molecular complexity index is 347. The third-order valence-electron chi connectivity index (χ3n) is 2.33. The van der Waals surface area contributed by atoms with E-state index in [9.17, 15) is 4.79 Å². The maximum Gasteiger partial charge on any atom is 0.224 e. The van der Waals surface area contributed by atoms with Gasteiger partial charge in [-0.3, -0.25) is 9.78 Å². The number of nitrogens with zero attached hydrogens (tertiary/aromatic N) is 1. The molecule has 1 amide bonds. The number of nitrogens with one attached hydrogen (secondary N) is 1. The number of rotatable bonds is 1. The highest BCUT2D eigenvalue weighted by Crippen LogP contribution is 2.14. The molecule has 3 heteroatoms. The number of aromatic nitrogens is 1. The quantitative estimate of drug-likeness (QED) is 0.688. The van der Waals surface area contributed by atoms with Gasteiger partial charge in [-0.1, -0.05) is 6.92 Å². The smallest absolute Gasteiger partial charge is 0.224 e. The van der Waals surface area contributed by atoms with Crippen molar-refractivity contribution in [3.8, 4) is 0 Å². The van der Waals surface area contributed by atoms with Gasteiger partial charge in [-0.15, -0.1) is 0 Å². The van der Waals surface area contributed by atoms with Crippen molar-refractivity contribution in [3.05, 3.63) is 29.1 Å². The molecule has 1 N–H and O–H groups in total. The molecule has 0 radical (unpaired) electrons. The Morgan fingerprint density at radius 1 is 1.54 bits per heavy atom. The molecule has 0 aromatic carbocycles.